The molecule has 1 N–H and O–H groups in total. The highest BCUT2D eigenvalue weighted by atomic mass is 19.4. The summed E-state index contributed by atoms with van der Waals surface area (Å²) in [5, 5.41) is 7.12. The fourth-order valence-corrected chi connectivity index (χ4v) is 3.65. The molecule has 2 aliphatic heterocycles. The maximum atomic E-state index is 11.7. The van der Waals surface area contributed by atoms with Crippen molar-refractivity contribution in [2.45, 2.75) is 37.3 Å². The molecule has 3 rings (SSSR count). The normalized spacial score (nSPS) is 23.0. The van der Waals surface area contributed by atoms with E-state index < -0.39 is 12.1 Å². The molecule has 1 aromatic carbocycles. The first kappa shape index (κ1) is 25.9. The number of hydrogen-bond acceptors (Lipinski definition) is 6. The third kappa shape index (κ3) is 7.35. The fraction of sp³-hybridized carbons (Fsp3) is 0.619. The molecule has 2 saturated heterocycles. The molecule has 1 amide bonds. The van der Waals surface area contributed by atoms with Gasteiger partial charge in [0.1, 0.15) is 12.4 Å². The van der Waals surface area contributed by atoms with Crippen molar-refractivity contribution in [3.05, 3.63) is 29.8 Å². The molecule has 2 aliphatic rings. The molecule has 2 atom stereocenters. The summed E-state index contributed by atoms with van der Waals surface area (Å²) in [5.41, 5.74) is 1.07. The van der Waals surface area contributed by atoms with Crippen molar-refractivity contribution in [3.63, 3.8) is 0 Å². The van der Waals surface area contributed by atoms with Gasteiger partial charge in [0.25, 0.3) is 0 Å². The minimum atomic E-state index is -5.08. The topological polar surface area (TPSA) is 88.5 Å². The predicted octanol–water partition coefficient (Wildman–Crippen LogP) is 2.17. The molecule has 0 bridgehead atoms. The number of likely N-dealkylation sites (tertiary alicyclic amines) is 1. The molecule has 1 aromatic rings. The van der Waals surface area contributed by atoms with Crippen molar-refractivity contribution in [1.29, 1.82) is 0 Å². The van der Waals surface area contributed by atoms with Crippen LogP contribution in [0.25, 0.3) is 0 Å². The Balaban J connectivity index is 0.000000451. The van der Waals surface area contributed by atoms with Gasteiger partial charge in [-0.25, -0.2) is 4.79 Å². The van der Waals surface area contributed by atoms with Crippen molar-refractivity contribution in [2.24, 2.45) is 0 Å². The Kier molecular flexibility index (Phi) is 8.88. The number of rotatable bonds is 6. The SMILES string of the molecule is COc1ccccc1CN1CC[C@]2(C[C@@H](OCC(=O)N(C)C)CO2)C1.O=C(O)C(F)(F)F. The zero-order chi connectivity index (χ0) is 23.9. The van der Waals surface area contributed by atoms with Crippen molar-refractivity contribution < 1.29 is 42.1 Å². The number of para-hydroxylation sites is 1. The summed E-state index contributed by atoms with van der Waals surface area (Å²) in [6, 6.07) is 8.14. The van der Waals surface area contributed by atoms with E-state index in [1.165, 1.54) is 5.56 Å². The molecule has 1 spiro atoms. The number of carbonyl (C=O) groups is 2. The molecule has 0 aromatic heterocycles. The van der Waals surface area contributed by atoms with E-state index in [0.717, 1.165) is 38.2 Å². The van der Waals surface area contributed by atoms with Crippen LogP contribution in [0.5, 0.6) is 5.75 Å². The number of nitrogens with zero attached hydrogens (tertiary/aromatic N) is 2. The maximum absolute atomic E-state index is 11.7. The fourth-order valence-electron chi connectivity index (χ4n) is 3.65. The smallest absolute Gasteiger partial charge is 0.490 e. The van der Waals surface area contributed by atoms with Crippen LogP contribution in [0, 0.1) is 0 Å². The molecular formula is C21H29F3N2O6. The minimum Gasteiger partial charge on any atom is -0.496 e. The summed E-state index contributed by atoms with van der Waals surface area (Å²) in [7, 11) is 5.19. The van der Waals surface area contributed by atoms with Crippen LogP contribution in [0.3, 0.4) is 0 Å². The first-order valence-electron chi connectivity index (χ1n) is 10.1. The van der Waals surface area contributed by atoms with Gasteiger partial charge in [0, 0.05) is 45.7 Å². The van der Waals surface area contributed by atoms with Gasteiger partial charge in [0.05, 0.1) is 25.4 Å². The van der Waals surface area contributed by atoms with E-state index in [9.17, 15) is 18.0 Å². The quantitative estimate of drug-likeness (QED) is 0.693. The molecule has 0 radical (unpaired) electrons. The van der Waals surface area contributed by atoms with Crippen molar-refractivity contribution in [2.75, 3.05) is 47.5 Å². The Bertz CT molecular complexity index is 789. The van der Waals surface area contributed by atoms with Gasteiger partial charge < -0.3 is 24.2 Å². The summed E-state index contributed by atoms with van der Waals surface area (Å²) in [6.07, 6.45) is -3.21. The van der Waals surface area contributed by atoms with Crippen LogP contribution in [0.1, 0.15) is 18.4 Å². The van der Waals surface area contributed by atoms with Crippen LogP contribution in [-0.4, -0.2) is 92.2 Å². The van der Waals surface area contributed by atoms with Crippen LogP contribution < -0.4 is 4.74 Å². The lowest BCUT2D eigenvalue weighted by molar-refractivity contribution is -0.192. The van der Waals surface area contributed by atoms with Crippen molar-refractivity contribution >= 4 is 11.9 Å². The Morgan fingerprint density at radius 3 is 2.56 bits per heavy atom. The molecule has 11 heteroatoms. The Labute approximate surface area is 184 Å². The lowest BCUT2D eigenvalue weighted by atomic mass is 9.98. The monoisotopic (exact) mass is 462 g/mol. The number of amides is 1. The minimum absolute atomic E-state index is 0.00910. The number of methoxy groups -OCH3 is 1. The van der Waals surface area contributed by atoms with E-state index >= 15 is 0 Å². The average molecular weight is 462 g/mol. The summed E-state index contributed by atoms with van der Waals surface area (Å²) in [4.78, 5) is 24.5. The molecule has 0 unspecified atom stereocenters. The molecule has 32 heavy (non-hydrogen) atoms. The van der Waals surface area contributed by atoms with Crippen LogP contribution in [0.4, 0.5) is 13.2 Å². The number of carboxylic acids is 1. The molecule has 8 nitrogen and oxygen atoms in total. The van der Waals surface area contributed by atoms with Crippen molar-refractivity contribution in [3.8, 4) is 5.75 Å². The molecular weight excluding hydrogens is 433 g/mol. The second-order valence-corrected chi connectivity index (χ2v) is 7.99. The second kappa shape index (κ2) is 11.0. The summed E-state index contributed by atoms with van der Waals surface area (Å²) in [5.74, 6) is -1.84. The molecule has 2 heterocycles. The van der Waals surface area contributed by atoms with Crippen molar-refractivity contribution in [1.82, 2.24) is 9.80 Å². The number of ether oxygens (including phenoxy) is 3. The number of alkyl halides is 3. The summed E-state index contributed by atoms with van der Waals surface area (Å²) < 4.78 is 49.0. The molecule has 0 aliphatic carbocycles. The Hall–Kier alpha value is -2.37. The van der Waals surface area contributed by atoms with E-state index in [1.54, 1.807) is 26.1 Å². The molecule has 0 saturated carbocycles. The average Bonchev–Trinajstić information content (AvgIpc) is 3.32. The summed E-state index contributed by atoms with van der Waals surface area (Å²) in [6.45, 7) is 3.46. The zero-order valence-corrected chi connectivity index (χ0v) is 18.4. The zero-order valence-electron chi connectivity index (χ0n) is 18.4. The van der Waals surface area contributed by atoms with E-state index in [2.05, 4.69) is 11.0 Å². The first-order chi connectivity index (χ1) is 15.0. The Morgan fingerprint density at radius 1 is 1.31 bits per heavy atom. The van der Waals surface area contributed by atoms with Gasteiger partial charge in [-0.15, -0.1) is 0 Å². The number of carboxylic acid groups (broad SMARTS) is 1. The predicted molar refractivity (Wildman–Crippen MR) is 108 cm³/mol. The molecule has 180 valence electrons. The number of halogens is 3. The van der Waals surface area contributed by atoms with Crippen LogP contribution in [-0.2, 0) is 25.6 Å². The number of likely N-dealkylation sites (N-methyl/N-ethyl adjacent to an activating group) is 1. The van der Waals surface area contributed by atoms with E-state index in [0.29, 0.717) is 6.61 Å². The lowest BCUT2D eigenvalue weighted by Gasteiger charge is -2.24. The van der Waals surface area contributed by atoms with E-state index in [4.69, 9.17) is 24.1 Å². The lowest BCUT2D eigenvalue weighted by Crippen LogP contribution is -2.33. The Morgan fingerprint density at radius 2 is 1.97 bits per heavy atom. The van der Waals surface area contributed by atoms with Gasteiger partial charge in [-0.2, -0.15) is 13.2 Å². The highest BCUT2D eigenvalue weighted by Gasteiger charge is 2.46. The van der Waals surface area contributed by atoms with Crippen LogP contribution >= 0.6 is 0 Å². The van der Waals surface area contributed by atoms with Gasteiger partial charge in [-0.1, -0.05) is 18.2 Å². The molecule has 2 fully saturated rings. The van der Waals surface area contributed by atoms with E-state index in [1.807, 2.05) is 18.2 Å². The highest BCUT2D eigenvalue weighted by molar-refractivity contribution is 5.76. The van der Waals surface area contributed by atoms with Gasteiger partial charge in [0.15, 0.2) is 0 Å². The number of carbonyl (C=O) groups excluding carboxylic acids is 1. The number of hydrogen-bond donors (Lipinski definition) is 1. The number of benzene rings is 1. The summed E-state index contributed by atoms with van der Waals surface area (Å²) >= 11 is 0. The van der Waals surface area contributed by atoms with Crippen LogP contribution in [0.2, 0.25) is 0 Å². The van der Waals surface area contributed by atoms with Crippen LogP contribution in [0.15, 0.2) is 24.3 Å². The standard InChI is InChI=1S/C19H28N2O4.C2HF3O2/c1-20(2)18(22)13-24-16-10-19(25-12-16)8-9-21(14-19)11-15-6-4-5-7-17(15)23-3;3-2(4,5)1(6)7/h4-7,16H,8-14H2,1-3H3;(H,6,7)/t16-,19+;/m1./s1. The third-order valence-corrected chi connectivity index (χ3v) is 5.34. The second-order valence-electron chi connectivity index (χ2n) is 7.99. The van der Waals surface area contributed by atoms with Gasteiger partial charge in [-0.3, -0.25) is 9.69 Å². The maximum Gasteiger partial charge on any atom is 0.490 e. The third-order valence-electron chi connectivity index (χ3n) is 5.34. The largest absolute Gasteiger partial charge is 0.496 e. The number of aliphatic carboxylic acids is 1. The van der Waals surface area contributed by atoms with Gasteiger partial charge >= 0.3 is 12.1 Å². The van der Waals surface area contributed by atoms with E-state index in [-0.39, 0.29) is 24.2 Å². The van der Waals surface area contributed by atoms with Gasteiger partial charge in [0.2, 0.25) is 5.91 Å². The van der Waals surface area contributed by atoms with Gasteiger partial charge in [-0.05, 0) is 12.5 Å². The highest BCUT2D eigenvalue weighted by Crippen LogP contribution is 2.37. The first-order valence-corrected chi connectivity index (χ1v) is 10.1.